The van der Waals surface area contributed by atoms with Gasteiger partial charge in [0.25, 0.3) is 0 Å². The van der Waals surface area contributed by atoms with Crippen molar-refractivity contribution in [1.29, 1.82) is 0 Å². The molecule has 0 amide bonds. The molecule has 0 spiro atoms. The average molecular weight is 275 g/mol. The third kappa shape index (κ3) is 4.02. The minimum atomic E-state index is 0.435. The number of aromatic nitrogens is 2. The molecule has 112 valence electrons. The van der Waals surface area contributed by atoms with Crippen LogP contribution in [-0.4, -0.2) is 16.5 Å². The van der Waals surface area contributed by atoms with Crippen molar-refractivity contribution in [3.63, 3.8) is 0 Å². The van der Waals surface area contributed by atoms with E-state index in [4.69, 9.17) is 0 Å². The highest BCUT2D eigenvalue weighted by Gasteiger charge is 2.29. The van der Waals surface area contributed by atoms with Gasteiger partial charge in [0.05, 0.1) is 0 Å². The van der Waals surface area contributed by atoms with Gasteiger partial charge in [0.1, 0.15) is 6.33 Å². The standard InChI is InChI=1S/C17H29N3/c1-4-9-20-17(16-10-18-12-19-11-16)15-7-5-14(6-8-15)13(2)3/h10-15,17,20H,4-9H2,1-3H3. The van der Waals surface area contributed by atoms with Gasteiger partial charge in [-0.05, 0) is 56.4 Å². The van der Waals surface area contributed by atoms with Crippen LogP contribution in [-0.2, 0) is 0 Å². The molecule has 0 bridgehead atoms. The number of nitrogens with zero attached hydrogens (tertiary/aromatic N) is 2. The van der Waals surface area contributed by atoms with Crippen molar-refractivity contribution in [2.24, 2.45) is 17.8 Å². The van der Waals surface area contributed by atoms with Gasteiger partial charge in [-0.25, -0.2) is 9.97 Å². The van der Waals surface area contributed by atoms with E-state index in [-0.39, 0.29) is 0 Å². The molecule has 1 saturated carbocycles. The summed E-state index contributed by atoms with van der Waals surface area (Å²) in [6, 6.07) is 0.435. The first-order chi connectivity index (χ1) is 9.72. The Balaban J connectivity index is 2.01. The van der Waals surface area contributed by atoms with E-state index in [0.717, 1.165) is 24.3 Å². The van der Waals surface area contributed by atoms with Gasteiger partial charge in [0.2, 0.25) is 0 Å². The Morgan fingerprint density at radius 2 is 1.70 bits per heavy atom. The summed E-state index contributed by atoms with van der Waals surface area (Å²) in [5.74, 6) is 2.49. The topological polar surface area (TPSA) is 37.8 Å². The summed E-state index contributed by atoms with van der Waals surface area (Å²) >= 11 is 0. The maximum Gasteiger partial charge on any atom is 0.115 e. The number of hydrogen-bond acceptors (Lipinski definition) is 3. The first-order valence-electron chi connectivity index (χ1n) is 8.20. The van der Waals surface area contributed by atoms with E-state index in [9.17, 15) is 0 Å². The molecule has 1 aliphatic rings. The monoisotopic (exact) mass is 275 g/mol. The van der Waals surface area contributed by atoms with Gasteiger partial charge in [-0.2, -0.15) is 0 Å². The molecular formula is C17H29N3. The predicted octanol–water partition coefficient (Wildman–Crippen LogP) is 3.98. The van der Waals surface area contributed by atoms with Crippen LogP contribution in [0.2, 0.25) is 0 Å². The Morgan fingerprint density at radius 3 is 2.25 bits per heavy atom. The number of nitrogens with one attached hydrogen (secondary N) is 1. The van der Waals surface area contributed by atoms with Crippen LogP contribution < -0.4 is 5.32 Å². The Hall–Kier alpha value is -0.960. The van der Waals surface area contributed by atoms with Crippen molar-refractivity contribution in [2.75, 3.05) is 6.54 Å². The molecule has 1 fully saturated rings. The molecule has 2 rings (SSSR count). The second-order valence-electron chi connectivity index (χ2n) is 6.52. The average Bonchev–Trinajstić information content (AvgIpc) is 2.49. The first kappa shape index (κ1) is 15.4. The van der Waals surface area contributed by atoms with Crippen molar-refractivity contribution in [3.8, 4) is 0 Å². The largest absolute Gasteiger partial charge is 0.310 e. The Labute approximate surface area is 123 Å². The van der Waals surface area contributed by atoms with Gasteiger partial charge < -0.3 is 5.32 Å². The number of rotatable bonds is 6. The summed E-state index contributed by atoms with van der Waals surface area (Å²) in [5.41, 5.74) is 1.26. The summed E-state index contributed by atoms with van der Waals surface area (Å²) in [4.78, 5) is 8.40. The highest BCUT2D eigenvalue weighted by Crippen LogP contribution is 2.39. The molecule has 3 heteroatoms. The highest BCUT2D eigenvalue weighted by molar-refractivity contribution is 5.11. The summed E-state index contributed by atoms with van der Waals surface area (Å²) in [7, 11) is 0. The van der Waals surface area contributed by atoms with Crippen molar-refractivity contribution in [3.05, 3.63) is 24.3 Å². The molecule has 0 saturated heterocycles. The van der Waals surface area contributed by atoms with Crippen LogP contribution in [0.25, 0.3) is 0 Å². The maximum absolute atomic E-state index is 4.20. The fraction of sp³-hybridized carbons (Fsp3) is 0.765. The smallest absolute Gasteiger partial charge is 0.115 e. The van der Waals surface area contributed by atoms with E-state index in [1.807, 2.05) is 12.4 Å². The van der Waals surface area contributed by atoms with Crippen LogP contribution in [0.4, 0.5) is 0 Å². The van der Waals surface area contributed by atoms with E-state index in [0.29, 0.717) is 6.04 Å². The third-order valence-corrected chi connectivity index (χ3v) is 4.78. The van der Waals surface area contributed by atoms with E-state index < -0.39 is 0 Å². The second-order valence-corrected chi connectivity index (χ2v) is 6.52. The molecule has 0 radical (unpaired) electrons. The molecular weight excluding hydrogens is 246 g/mol. The van der Waals surface area contributed by atoms with Gasteiger partial charge in [0.15, 0.2) is 0 Å². The fourth-order valence-electron chi connectivity index (χ4n) is 3.47. The van der Waals surface area contributed by atoms with Crippen LogP contribution >= 0.6 is 0 Å². The molecule has 0 aromatic carbocycles. The lowest BCUT2D eigenvalue weighted by Crippen LogP contribution is -2.32. The van der Waals surface area contributed by atoms with E-state index in [1.165, 1.54) is 37.7 Å². The molecule has 1 aromatic heterocycles. The van der Waals surface area contributed by atoms with Crippen LogP contribution in [0.3, 0.4) is 0 Å². The van der Waals surface area contributed by atoms with Crippen molar-refractivity contribution in [2.45, 2.75) is 58.9 Å². The summed E-state index contributed by atoms with van der Waals surface area (Å²) < 4.78 is 0. The summed E-state index contributed by atoms with van der Waals surface area (Å²) in [5, 5.41) is 3.72. The van der Waals surface area contributed by atoms with Gasteiger partial charge in [-0.3, -0.25) is 0 Å². The molecule has 3 nitrogen and oxygen atoms in total. The Kier molecular flexibility index (Phi) is 5.96. The lowest BCUT2D eigenvalue weighted by Gasteiger charge is -2.36. The zero-order chi connectivity index (χ0) is 14.4. The molecule has 1 unspecified atom stereocenters. The van der Waals surface area contributed by atoms with Crippen molar-refractivity contribution in [1.82, 2.24) is 15.3 Å². The van der Waals surface area contributed by atoms with E-state index in [2.05, 4.69) is 36.1 Å². The minimum absolute atomic E-state index is 0.435. The highest BCUT2D eigenvalue weighted by atomic mass is 14.9. The van der Waals surface area contributed by atoms with Gasteiger partial charge in [-0.1, -0.05) is 20.8 Å². The SMILES string of the molecule is CCCNC(c1cncnc1)C1CCC(C(C)C)CC1. The predicted molar refractivity (Wildman–Crippen MR) is 83.4 cm³/mol. The normalized spacial score (nSPS) is 24.8. The minimum Gasteiger partial charge on any atom is -0.310 e. The maximum atomic E-state index is 4.20. The quantitative estimate of drug-likeness (QED) is 0.853. The van der Waals surface area contributed by atoms with Gasteiger partial charge >= 0.3 is 0 Å². The molecule has 1 aliphatic carbocycles. The van der Waals surface area contributed by atoms with Gasteiger partial charge in [0, 0.05) is 24.0 Å². The third-order valence-electron chi connectivity index (χ3n) is 4.78. The molecule has 20 heavy (non-hydrogen) atoms. The molecule has 1 aromatic rings. The van der Waals surface area contributed by atoms with E-state index >= 15 is 0 Å². The van der Waals surface area contributed by atoms with Gasteiger partial charge in [-0.15, -0.1) is 0 Å². The van der Waals surface area contributed by atoms with E-state index in [1.54, 1.807) is 6.33 Å². The number of hydrogen-bond donors (Lipinski definition) is 1. The fourth-order valence-corrected chi connectivity index (χ4v) is 3.47. The zero-order valence-corrected chi connectivity index (χ0v) is 13.2. The van der Waals surface area contributed by atoms with Crippen molar-refractivity contribution < 1.29 is 0 Å². The lowest BCUT2D eigenvalue weighted by molar-refractivity contribution is 0.188. The van der Waals surface area contributed by atoms with Crippen LogP contribution in [0.15, 0.2) is 18.7 Å². The van der Waals surface area contributed by atoms with Crippen LogP contribution in [0.1, 0.15) is 64.5 Å². The zero-order valence-electron chi connectivity index (χ0n) is 13.2. The summed E-state index contributed by atoms with van der Waals surface area (Å²) in [6.45, 7) is 8.02. The molecule has 1 heterocycles. The lowest BCUT2D eigenvalue weighted by atomic mass is 9.73. The first-order valence-corrected chi connectivity index (χ1v) is 8.20. The second kappa shape index (κ2) is 7.72. The van der Waals surface area contributed by atoms with Crippen LogP contribution in [0, 0.1) is 17.8 Å². The Bertz CT molecular complexity index is 369. The molecule has 1 N–H and O–H groups in total. The molecule has 1 atom stereocenters. The molecule has 0 aliphatic heterocycles. The van der Waals surface area contributed by atoms with Crippen molar-refractivity contribution >= 4 is 0 Å². The van der Waals surface area contributed by atoms with Crippen LogP contribution in [0.5, 0.6) is 0 Å². The Morgan fingerprint density at radius 1 is 1.10 bits per heavy atom. The summed E-state index contributed by atoms with van der Waals surface area (Å²) in [6.07, 6.45) is 12.2.